The van der Waals surface area contributed by atoms with Crippen molar-refractivity contribution in [3.05, 3.63) is 0 Å². The van der Waals surface area contributed by atoms with E-state index in [9.17, 15) is 4.79 Å². The molecule has 1 unspecified atom stereocenters. The van der Waals surface area contributed by atoms with Crippen LogP contribution in [0, 0.1) is 5.41 Å². The molecule has 0 amide bonds. The first kappa shape index (κ1) is 5.45. The summed E-state index contributed by atoms with van der Waals surface area (Å²) in [6.07, 6.45) is 1.86. The van der Waals surface area contributed by atoms with Crippen LogP contribution in [0.15, 0.2) is 0 Å². The van der Waals surface area contributed by atoms with Crippen LogP contribution in [0.1, 0.15) is 40.9 Å². The minimum absolute atomic E-state index is 0.0634. The first-order chi connectivity index (χ1) is 4.52. The van der Waals surface area contributed by atoms with Crippen molar-refractivity contribution in [3.8, 4) is 0 Å². The summed E-state index contributed by atoms with van der Waals surface area (Å²) in [7, 11) is 0. The fourth-order valence-electron chi connectivity index (χ4n) is 1.06. The zero-order chi connectivity index (χ0) is 7.78. The van der Waals surface area contributed by atoms with E-state index in [0.717, 1.165) is 6.42 Å². The van der Waals surface area contributed by atoms with Gasteiger partial charge in [0.05, 0.1) is 0 Å². The van der Waals surface area contributed by atoms with Crippen molar-refractivity contribution in [1.29, 1.82) is 0 Å². The number of ketones is 1. The SMILES string of the molecule is [2H]C1CC(=O)CCC1(C)C. The van der Waals surface area contributed by atoms with Crippen LogP contribution in [-0.2, 0) is 4.79 Å². The lowest BCUT2D eigenvalue weighted by Gasteiger charge is -2.27. The number of rotatable bonds is 0. The van der Waals surface area contributed by atoms with Gasteiger partial charge in [0.15, 0.2) is 0 Å². The molecule has 0 saturated heterocycles. The van der Waals surface area contributed by atoms with Gasteiger partial charge in [0.25, 0.3) is 0 Å². The molecule has 1 atom stereocenters. The second-order valence-electron chi connectivity index (χ2n) is 3.44. The van der Waals surface area contributed by atoms with E-state index in [0.29, 0.717) is 12.8 Å². The van der Waals surface area contributed by atoms with Gasteiger partial charge >= 0.3 is 0 Å². The minimum Gasteiger partial charge on any atom is -0.300 e. The molecule has 1 aliphatic rings. The molecular formula is C8H14O. The molecule has 1 nitrogen and oxygen atoms in total. The zero-order valence-corrected chi connectivity index (χ0v) is 6.11. The Bertz CT molecular complexity index is 151. The molecule has 1 aliphatic carbocycles. The van der Waals surface area contributed by atoms with Gasteiger partial charge in [-0.05, 0) is 18.2 Å². The lowest BCUT2D eigenvalue weighted by molar-refractivity contribution is -0.121. The summed E-state index contributed by atoms with van der Waals surface area (Å²) in [4.78, 5) is 10.8. The summed E-state index contributed by atoms with van der Waals surface area (Å²) in [6.45, 7) is 4.13. The van der Waals surface area contributed by atoms with Crippen molar-refractivity contribution in [2.75, 3.05) is 0 Å². The van der Waals surface area contributed by atoms with Gasteiger partial charge in [0.2, 0.25) is 0 Å². The molecule has 0 aliphatic heterocycles. The number of hydrogen-bond donors (Lipinski definition) is 0. The largest absolute Gasteiger partial charge is 0.300 e. The molecule has 52 valence electrons. The third-order valence-electron chi connectivity index (χ3n) is 1.93. The maximum atomic E-state index is 10.8. The fourth-order valence-corrected chi connectivity index (χ4v) is 1.06. The van der Waals surface area contributed by atoms with Crippen molar-refractivity contribution in [3.63, 3.8) is 0 Å². The molecule has 0 heterocycles. The second kappa shape index (κ2) is 2.13. The number of Topliss-reactive ketones (excluding diaryl/α,β-unsaturated/α-hetero) is 1. The molecule has 0 N–H and O–H groups in total. The Morgan fingerprint density at radius 3 is 2.67 bits per heavy atom. The van der Waals surface area contributed by atoms with E-state index in [1.807, 2.05) is 0 Å². The molecular weight excluding hydrogens is 112 g/mol. The maximum absolute atomic E-state index is 10.8. The predicted octanol–water partition coefficient (Wildman–Crippen LogP) is 2.16. The van der Waals surface area contributed by atoms with E-state index >= 15 is 0 Å². The van der Waals surface area contributed by atoms with Crippen molar-refractivity contribution < 1.29 is 6.17 Å². The highest BCUT2D eigenvalue weighted by Gasteiger charge is 2.24. The summed E-state index contributed by atoms with van der Waals surface area (Å²) in [5.74, 6) is 0.263. The fraction of sp³-hybridized carbons (Fsp3) is 0.875. The van der Waals surface area contributed by atoms with Crippen LogP contribution < -0.4 is 0 Å². The van der Waals surface area contributed by atoms with E-state index in [1.165, 1.54) is 0 Å². The van der Waals surface area contributed by atoms with Crippen LogP contribution in [0.2, 0.25) is 0 Å². The van der Waals surface area contributed by atoms with Gasteiger partial charge in [-0.15, -0.1) is 0 Å². The minimum atomic E-state index is -0.172. The third-order valence-corrected chi connectivity index (χ3v) is 1.93. The Morgan fingerprint density at radius 2 is 2.22 bits per heavy atom. The topological polar surface area (TPSA) is 17.1 Å². The first-order valence-electron chi connectivity index (χ1n) is 4.04. The first-order valence-corrected chi connectivity index (χ1v) is 3.46. The Morgan fingerprint density at radius 1 is 1.56 bits per heavy atom. The summed E-state index contributed by atoms with van der Waals surface area (Å²) in [6, 6.07) is 0. The van der Waals surface area contributed by atoms with Crippen molar-refractivity contribution in [2.24, 2.45) is 5.41 Å². The van der Waals surface area contributed by atoms with Crippen LogP contribution in [-0.4, -0.2) is 5.78 Å². The molecule has 0 aromatic rings. The summed E-state index contributed by atoms with van der Waals surface area (Å²) >= 11 is 0. The van der Waals surface area contributed by atoms with E-state index < -0.39 is 0 Å². The molecule has 1 rings (SSSR count). The predicted molar refractivity (Wildman–Crippen MR) is 37.3 cm³/mol. The average Bonchev–Trinajstić information content (AvgIpc) is 1.81. The van der Waals surface area contributed by atoms with Crippen LogP contribution in [0.25, 0.3) is 0 Å². The van der Waals surface area contributed by atoms with Gasteiger partial charge in [0.1, 0.15) is 5.78 Å². The van der Waals surface area contributed by atoms with Crippen molar-refractivity contribution in [2.45, 2.75) is 39.5 Å². The van der Waals surface area contributed by atoms with Gasteiger partial charge in [0, 0.05) is 14.2 Å². The van der Waals surface area contributed by atoms with Gasteiger partial charge in [-0.2, -0.15) is 0 Å². The highest BCUT2D eigenvalue weighted by Crippen LogP contribution is 2.32. The lowest BCUT2D eigenvalue weighted by Crippen LogP contribution is -2.20. The Balaban J connectivity index is 2.60. The third kappa shape index (κ3) is 1.81. The number of carbonyl (C=O) groups is 1. The Labute approximate surface area is 57.9 Å². The van der Waals surface area contributed by atoms with Crippen LogP contribution >= 0.6 is 0 Å². The number of carbonyl (C=O) groups excluding carboxylic acids is 1. The molecule has 0 radical (unpaired) electrons. The lowest BCUT2D eigenvalue weighted by atomic mass is 9.77. The van der Waals surface area contributed by atoms with Crippen molar-refractivity contribution in [1.82, 2.24) is 0 Å². The molecule has 0 aromatic carbocycles. The van der Waals surface area contributed by atoms with Crippen LogP contribution in [0.5, 0.6) is 0 Å². The van der Waals surface area contributed by atoms with E-state index in [1.54, 1.807) is 0 Å². The molecule has 0 aromatic heterocycles. The van der Waals surface area contributed by atoms with E-state index in [4.69, 9.17) is 1.37 Å². The normalized spacial score (nSPS) is 36.0. The highest BCUT2D eigenvalue weighted by molar-refractivity contribution is 5.79. The number of hydrogen-bond acceptors (Lipinski definition) is 1. The van der Waals surface area contributed by atoms with Gasteiger partial charge in [-0.1, -0.05) is 13.8 Å². The zero-order valence-electron chi connectivity index (χ0n) is 7.11. The maximum Gasteiger partial charge on any atom is 0.132 e. The summed E-state index contributed by atoms with van der Waals surface area (Å²) in [5, 5.41) is 0. The molecule has 1 fully saturated rings. The highest BCUT2D eigenvalue weighted by atomic mass is 16.1. The van der Waals surface area contributed by atoms with Crippen molar-refractivity contribution >= 4 is 5.78 Å². The smallest absolute Gasteiger partial charge is 0.132 e. The molecule has 1 heteroatoms. The Kier molecular flexibility index (Phi) is 1.29. The summed E-state index contributed by atoms with van der Waals surface area (Å²) in [5.41, 5.74) is 0.0634. The molecule has 0 spiro atoms. The quantitative estimate of drug-likeness (QED) is 0.487. The van der Waals surface area contributed by atoms with Crippen LogP contribution in [0.3, 0.4) is 0 Å². The van der Waals surface area contributed by atoms with Crippen LogP contribution in [0.4, 0.5) is 0 Å². The van der Waals surface area contributed by atoms with E-state index in [2.05, 4.69) is 13.8 Å². The Hall–Kier alpha value is -0.330. The average molecular weight is 127 g/mol. The van der Waals surface area contributed by atoms with Gasteiger partial charge < -0.3 is 0 Å². The second-order valence-corrected chi connectivity index (χ2v) is 3.44. The monoisotopic (exact) mass is 127 g/mol. The molecule has 1 saturated carbocycles. The standard InChI is InChI=1S/C8H14O/c1-8(2)5-3-7(9)4-6-8/h3-6H2,1-2H3/i5D. The van der Waals surface area contributed by atoms with Gasteiger partial charge in [-0.3, -0.25) is 4.79 Å². The van der Waals surface area contributed by atoms with E-state index in [-0.39, 0.29) is 17.6 Å². The van der Waals surface area contributed by atoms with Gasteiger partial charge in [-0.25, -0.2) is 0 Å². The summed E-state index contributed by atoms with van der Waals surface area (Å²) < 4.78 is 7.58. The molecule has 0 bridgehead atoms. The molecule has 9 heavy (non-hydrogen) atoms.